The van der Waals surface area contributed by atoms with E-state index in [4.69, 9.17) is 9.84 Å². The Morgan fingerprint density at radius 3 is 2.42 bits per heavy atom. The van der Waals surface area contributed by atoms with Crippen molar-refractivity contribution in [3.05, 3.63) is 53.6 Å². The summed E-state index contributed by atoms with van der Waals surface area (Å²) < 4.78 is 43.6. The summed E-state index contributed by atoms with van der Waals surface area (Å²) >= 11 is 0. The van der Waals surface area contributed by atoms with E-state index in [1.54, 1.807) is 0 Å². The van der Waals surface area contributed by atoms with Gasteiger partial charge >= 0.3 is 12.0 Å². The molecule has 2 aromatic carbocycles. The van der Waals surface area contributed by atoms with Gasteiger partial charge in [-0.05, 0) is 35.9 Å². The van der Waals surface area contributed by atoms with Crippen molar-refractivity contribution in [1.82, 2.24) is 0 Å². The molecule has 2 aromatic rings. The van der Waals surface area contributed by atoms with E-state index in [0.29, 0.717) is 0 Å². The first-order valence-electron chi connectivity index (χ1n) is 7.33. The third-order valence-electron chi connectivity index (χ3n) is 3.38. The normalized spacial score (nSPS) is 11.7. The number of methoxy groups -OCH3 is 1. The molecule has 0 aliphatic carbocycles. The lowest BCUT2D eigenvalue weighted by atomic mass is 10.1. The molecule has 0 aliphatic rings. The van der Waals surface area contributed by atoms with Crippen molar-refractivity contribution < 1.29 is 32.6 Å². The van der Waals surface area contributed by atoms with Gasteiger partial charge in [0.15, 0.2) is 6.17 Å². The van der Waals surface area contributed by atoms with Crippen LogP contribution < -0.4 is 15.4 Å². The Balaban J connectivity index is 2.18. The molecular weight excluding hydrogens is 353 g/mol. The van der Waals surface area contributed by atoms with Crippen LogP contribution in [-0.4, -0.2) is 30.6 Å². The molecule has 26 heavy (non-hydrogen) atoms. The summed E-state index contributed by atoms with van der Waals surface area (Å²) in [5.41, 5.74) is -0.155. The Kier molecular flexibility index (Phi) is 6.05. The molecule has 3 N–H and O–H groups in total. The largest absolute Gasteiger partial charge is 0.495 e. The highest BCUT2D eigenvalue weighted by Crippen LogP contribution is 2.32. The van der Waals surface area contributed by atoms with Gasteiger partial charge in [-0.15, -0.1) is 0 Å². The van der Waals surface area contributed by atoms with E-state index < -0.39 is 24.6 Å². The van der Waals surface area contributed by atoms with E-state index >= 15 is 0 Å². The standard InChI is InChI=1S/C17H15F3N2O4/c1-26-13-6-5-9(14(18)15(19)20)8-12(13)22-17(25)21-11-4-2-3-10(7-11)16(23)24/h2-8,14-15H,1H3,(H,23,24)(H2,21,22,25). The lowest BCUT2D eigenvalue weighted by Crippen LogP contribution is -2.20. The zero-order valence-electron chi connectivity index (χ0n) is 13.5. The number of rotatable bonds is 6. The van der Waals surface area contributed by atoms with E-state index in [0.717, 1.165) is 12.1 Å². The average molecular weight is 368 g/mol. The number of carbonyl (C=O) groups is 2. The van der Waals surface area contributed by atoms with Crippen molar-refractivity contribution in [1.29, 1.82) is 0 Å². The summed E-state index contributed by atoms with van der Waals surface area (Å²) in [6.45, 7) is 0. The maximum atomic E-state index is 13.5. The number of carboxylic acid groups (broad SMARTS) is 1. The number of aromatic carboxylic acids is 1. The van der Waals surface area contributed by atoms with E-state index in [9.17, 15) is 22.8 Å². The zero-order chi connectivity index (χ0) is 19.3. The summed E-state index contributed by atoms with van der Waals surface area (Å²) in [5, 5.41) is 13.7. The number of amides is 2. The maximum Gasteiger partial charge on any atom is 0.335 e. The number of ether oxygens (including phenoxy) is 1. The van der Waals surface area contributed by atoms with Crippen molar-refractivity contribution in [3.63, 3.8) is 0 Å². The van der Waals surface area contributed by atoms with Gasteiger partial charge in [0.1, 0.15) is 5.75 Å². The third kappa shape index (κ3) is 4.65. The molecular formula is C17H15F3N2O4. The van der Waals surface area contributed by atoms with E-state index in [1.807, 2.05) is 0 Å². The van der Waals surface area contributed by atoms with Gasteiger partial charge in [-0.1, -0.05) is 12.1 Å². The average Bonchev–Trinajstić information content (AvgIpc) is 2.61. The fourth-order valence-corrected chi connectivity index (χ4v) is 2.15. The first-order chi connectivity index (χ1) is 12.3. The smallest absolute Gasteiger partial charge is 0.335 e. The monoisotopic (exact) mass is 368 g/mol. The Labute approximate surface area is 146 Å². The number of halogens is 3. The van der Waals surface area contributed by atoms with Crippen LogP contribution >= 0.6 is 0 Å². The minimum Gasteiger partial charge on any atom is -0.495 e. The zero-order valence-corrected chi connectivity index (χ0v) is 13.5. The van der Waals surface area contributed by atoms with Crippen LogP contribution in [-0.2, 0) is 0 Å². The topological polar surface area (TPSA) is 87.7 Å². The van der Waals surface area contributed by atoms with Crippen molar-refractivity contribution in [2.24, 2.45) is 0 Å². The number of hydrogen-bond donors (Lipinski definition) is 3. The summed E-state index contributed by atoms with van der Waals surface area (Å²) in [7, 11) is 1.30. The van der Waals surface area contributed by atoms with Crippen molar-refractivity contribution in [2.75, 3.05) is 17.7 Å². The summed E-state index contributed by atoms with van der Waals surface area (Å²) in [5.74, 6) is -1.02. The van der Waals surface area contributed by atoms with Crippen LogP contribution in [0.5, 0.6) is 5.75 Å². The van der Waals surface area contributed by atoms with E-state index in [1.165, 1.54) is 37.4 Å². The van der Waals surface area contributed by atoms with Gasteiger partial charge in [0.2, 0.25) is 0 Å². The molecule has 0 saturated heterocycles. The molecule has 6 nitrogen and oxygen atoms in total. The van der Waals surface area contributed by atoms with Gasteiger partial charge in [-0.25, -0.2) is 22.8 Å². The van der Waals surface area contributed by atoms with Gasteiger partial charge in [-0.2, -0.15) is 0 Å². The number of alkyl halides is 3. The van der Waals surface area contributed by atoms with Gasteiger partial charge < -0.3 is 20.5 Å². The minimum atomic E-state index is -3.20. The molecule has 138 valence electrons. The predicted molar refractivity (Wildman–Crippen MR) is 88.9 cm³/mol. The van der Waals surface area contributed by atoms with Crippen LogP contribution in [0.4, 0.5) is 29.3 Å². The number of benzene rings is 2. The van der Waals surface area contributed by atoms with Crippen LogP contribution in [0.15, 0.2) is 42.5 Å². The molecule has 1 unspecified atom stereocenters. The van der Waals surface area contributed by atoms with Gasteiger partial charge in [0, 0.05) is 5.69 Å². The van der Waals surface area contributed by atoms with Crippen molar-refractivity contribution in [2.45, 2.75) is 12.6 Å². The number of carbonyl (C=O) groups excluding carboxylic acids is 1. The lowest BCUT2D eigenvalue weighted by Gasteiger charge is -2.14. The second kappa shape index (κ2) is 8.24. The fraction of sp³-hybridized carbons (Fsp3) is 0.176. The second-order valence-corrected chi connectivity index (χ2v) is 5.16. The van der Waals surface area contributed by atoms with Crippen LogP contribution in [0.3, 0.4) is 0 Å². The molecule has 0 saturated carbocycles. The molecule has 0 radical (unpaired) electrons. The molecule has 0 bridgehead atoms. The highest BCUT2D eigenvalue weighted by atomic mass is 19.3. The first-order valence-corrected chi connectivity index (χ1v) is 7.33. The van der Waals surface area contributed by atoms with Gasteiger partial charge in [-0.3, -0.25) is 0 Å². The number of hydrogen-bond acceptors (Lipinski definition) is 3. The van der Waals surface area contributed by atoms with Crippen LogP contribution in [0.25, 0.3) is 0 Å². The van der Waals surface area contributed by atoms with Gasteiger partial charge in [0.25, 0.3) is 6.43 Å². The molecule has 2 amide bonds. The summed E-state index contributed by atoms with van der Waals surface area (Å²) in [4.78, 5) is 23.0. The number of carboxylic acids is 1. The molecule has 0 aliphatic heterocycles. The fourth-order valence-electron chi connectivity index (χ4n) is 2.15. The molecule has 1 atom stereocenters. The Hall–Kier alpha value is -3.23. The highest BCUT2D eigenvalue weighted by molar-refractivity contribution is 6.01. The third-order valence-corrected chi connectivity index (χ3v) is 3.38. The maximum absolute atomic E-state index is 13.5. The Morgan fingerprint density at radius 1 is 1.08 bits per heavy atom. The molecule has 0 aromatic heterocycles. The molecule has 0 fully saturated rings. The second-order valence-electron chi connectivity index (χ2n) is 5.16. The highest BCUT2D eigenvalue weighted by Gasteiger charge is 2.23. The quantitative estimate of drug-likeness (QED) is 0.709. The van der Waals surface area contributed by atoms with Crippen molar-refractivity contribution >= 4 is 23.4 Å². The SMILES string of the molecule is COc1ccc(C(F)C(F)F)cc1NC(=O)Nc1cccc(C(=O)O)c1. The molecule has 0 heterocycles. The van der Waals surface area contributed by atoms with Gasteiger partial charge in [0.05, 0.1) is 18.4 Å². The van der Waals surface area contributed by atoms with Crippen LogP contribution in [0.2, 0.25) is 0 Å². The Bertz CT molecular complexity index is 814. The Morgan fingerprint density at radius 2 is 1.81 bits per heavy atom. The van der Waals surface area contributed by atoms with E-state index in [2.05, 4.69) is 10.6 Å². The summed E-state index contributed by atoms with van der Waals surface area (Å²) in [6, 6.07) is 8.15. The number of nitrogens with one attached hydrogen (secondary N) is 2. The number of urea groups is 1. The molecule has 9 heteroatoms. The predicted octanol–water partition coefficient (Wildman–Crippen LogP) is 4.31. The summed E-state index contributed by atoms with van der Waals surface area (Å²) in [6.07, 6.45) is -5.71. The molecule has 2 rings (SSSR count). The minimum absolute atomic E-state index is 0.0137. The number of anilines is 2. The lowest BCUT2D eigenvalue weighted by molar-refractivity contribution is 0.0496. The first kappa shape index (κ1) is 19.1. The van der Waals surface area contributed by atoms with Crippen LogP contribution in [0, 0.1) is 0 Å². The van der Waals surface area contributed by atoms with E-state index in [-0.39, 0.29) is 28.3 Å². The van der Waals surface area contributed by atoms with Crippen molar-refractivity contribution in [3.8, 4) is 5.75 Å². The van der Waals surface area contributed by atoms with Crippen LogP contribution in [0.1, 0.15) is 22.1 Å². The molecule has 0 spiro atoms.